The molecule has 0 aliphatic rings. The number of hydrogen-bond acceptors (Lipinski definition) is 6. The molecular formula is C25H39N3O6. The molecule has 0 aliphatic carbocycles. The van der Waals surface area contributed by atoms with Crippen molar-refractivity contribution in [2.45, 2.75) is 72.6 Å². The number of ether oxygens (including phenoxy) is 2. The summed E-state index contributed by atoms with van der Waals surface area (Å²) in [6, 6.07) is 5.36. The van der Waals surface area contributed by atoms with Crippen LogP contribution in [0.1, 0.15) is 65.1 Å². The van der Waals surface area contributed by atoms with E-state index >= 15 is 0 Å². The Bertz CT molecular complexity index is 862. The average Bonchev–Trinajstić information content (AvgIpc) is 2.73. The summed E-state index contributed by atoms with van der Waals surface area (Å²) in [5, 5.41) is 5.24. The molecule has 0 aliphatic heterocycles. The minimum atomic E-state index is -1.00. The van der Waals surface area contributed by atoms with E-state index in [4.69, 9.17) is 4.74 Å². The van der Waals surface area contributed by atoms with Gasteiger partial charge in [-0.05, 0) is 45.6 Å². The molecule has 2 atom stereocenters. The van der Waals surface area contributed by atoms with E-state index in [0.717, 1.165) is 5.56 Å². The topological polar surface area (TPSA) is 114 Å². The van der Waals surface area contributed by atoms with Crippen molar-refractivity contribution in [1.29, 1.82) is 0 Å². The molecule has 0 heterocycles. The highest BCUT2D eigenvalue weighted by Gasteiger charge is 2.37. The molecule has 190 valence electrons. The summed E-state index contributed by atoms with van der Waals surface area (Å²) in [7, 11) is 1.23. The van der Waals surface area contributed by atoms with Crippen LogP contribution in [-0.4, -0.2) is 60.6 Å². The standard InChI is InChI=1S/C25H39N3O6/c1-9-13-28(23(31)20(16(2)3)27-24(32)34-25(5,6)7)21(18-12-10-11-17(4)14-18)22(30)26-15-19(29)33-8/h10-12,14,16,20-21H,9,13,15H2,1-8H3,(H,26,30)(H,27,32). The number of carbonyl (C=O) groups is 4. The molecule has 3 amide bonds. The highest BCUT2D eigenvalue weighted by atomic mass is 16.6. The van der Waals surface area contributed by atoms with Crippen LogP contribution in [0.15, 0.2) is 24.3 Å². The van der Waals surface area contributed by atoms with Gasteiger partial charge in [0.1, 0.15) is 24.2 Å². The fourth-order valence-corrected chi connectivity index (χ4v) is 3.38. The first-order chi connectivity index (χ1) is 15.8. The Morgan fingerprint density at radius 2 is 1.76 bits per heavy atom. The van der Waals surface area contributed by atoms with Gasteiger partial charge in [0, 0.05) is 6.54 Å². The van der Waals surface area contributed by atoms with E-state index in [-0.39, 0.29) is 19.0 Å². The van der Waals surface area contributed by atoms with Crippen LogP contribution in [0.2, 0.25) is 0 Å². The van der Waals surface area contributed by atoms with Crippen molar-refractivity contribution in [1.82, 2.24) is 15.5 Å². The van der Waals surface area contributed by atoms with Crippen molar-refractivity contribution >= 4 is 23.9 Å². The molecule has 9 nitrogen and oxygen atoms in total. The third-order valence-corrected chi connectivity index (χ3v) is 4.91. The van der Waals surface area contributed by atoms with E-state index in [9.17, 15) is 19.2 Å². The summed E-state index contributed by atoms with van der Waals surface area (Å²) in [5.74, 6) is -1.80. The van der Waals surface area contributed by atoms with Gasteiger partial charge < -0.3 is 25.0 Å². The molecule has 2 N–H and O–H groups in total. The van der Waals surface area contributed by atoms with Gasteiger partial charge in [0.2, 0.25) is 11.8 Å². The number of rotatable bonds is 10. The van der Waals surface area contributed by atoms with E-state index in [1.54, 1.807) is 32.9 Å². The number of methoxy groups -OCH3 is 1. The number of esters is 1. The van der Waals surface area contributed by atoms with Crippen molar-refractivity contribution in [3.63, 3.8) is 0 Å². The Kier molecular flexibility index (Phi) is 11.0. The van der Waals surface area contributed by atoms with Crippen molar-refractivity contribution in [3.05, 3.63) is 35.4 Å². The van der Waals surface area contributed by atoms with Gasteiger partial charge in [0.05, 0.1) is 7.11 Å². The second-order valence-corrected chi connectivity index (χ2v) is 9.51. The first-order valence-corrected chi connectivity index (χ1v) is 11.5. The maximum absolute atomic E-state index is 13.8. The van der Waals surface area contributed by atoms with E-state index in [1.165, 1.54) is 12.0 Å². The van der Waals surface area contributed by atoms with E-state index in [0.29, 0.717) is 12.0 Å². The van der Waals surface area contributed by atoms with Crippen LogP contribution in [-0.2, 0) is 23.9 Å². The molecule has 34 heavy (non-hydrogen) atoms. The summed E-state index contributed by atoms with van der Waals surface area (Å²) in [4.78, 5) is 52.5. The zero-order valence-corrected chi connectivity index (χ0v) is 21.6. The molecule has 0 bridgehead atoms. The zero-order chi connectivity index (χ0) is 26.1. The lowest BCUT2D eigenvalue weighted by atomic mass is 9.98. The van der Waals surface area contributed by atoms with Crippen molar-refractivity contribution in [2.24, 2.45) is 5.92 Å². The monoisotopic (exact) mass is 477 g/mol. The smallest absolute Gasteiger partial charge is 0.408 e. The molecule has 0 saturated heterocycles. The summed E-state index contributed by atoms with van der Waals surface area (Å²) < 4.78 is 9.96. The minimum Gasteiger partial charge on any atom is -0.468 e. The first kappa shape index (κ1) is 28.9. The number of aryl methyl sites for hydroxylation is 1. The first-order valence-electron chi connectivity index (χ1n) is 11.5. The van der Waals surface area contributed by atoms with Crippen LogP contribution in [0.4, 0.5) is 4.79 Å². The third-order valence-electron chi connectivity index (χ3n) is 4.91. The fraction of sp³-hybridized carbons (Fsp3) is 0.600. The van der Waals surface area contributed by atoms with Gasteiger partial charge in [-0.25, -0.2) is 4.79 Å². The number of nitrogens with zero attached hydrogens (tertiary/aromatic N) is 1. The number of hydrogen-bond donors (Lipinski definition) is 2. The Hall–Kier alpha value is -3.10. The lowest BCUT2D eigenvalue weighted by Gasteiger charge is -2.35. The number of nitrogens with one attached hydrogen (secondary N) is 2. The third kappa shape index (κ3) is 9.03. The molecule has 1 aromatic carbocycles. The SMILES string of the molecule is CCCN(C(=O)C(NC(=O)OC(C)(C)C)C(C)C)C(C(=O)NCC(=O)OC)c1cccc(C)c1. The van der Waals surface area contributed by atoms with Crippen molar-refractivity contribution in [2.75, 3.05) is 20.2 Å². The molecule has 0 spiro atoms. The number of alkyl carbamates (subject to hydrolysis) is 1. The molecule has 0 saturated carbocycles. The van der Waals surface area contributed by atoms with E-state index < -0.39 is 41.6 Å². The normalized spacial score (nSPS) is 13.0. The van der Waals surface area contributed by atoms with E-state index in [2.05, 4.69) is 15.4 Å². The molecule has 1 aromatic rings. The summed E-state index contributed by atoms with van der Waals surface area (Å²) >= 11 is 0. The van der Waals surface area contributed by atoms with Gasteiger partial charge >= 0.3 is 12.1 Å². The predicted molar refractivity (Wildman–Crippen MR) is 129 cm³/mol. The quantitative estimate of drug-likeness (QED) is 0.501. The Morgan fingerprint density at radius 1 is 1.12 bits per heavy atom. The van der Waals surface area contributed by atoms with Gasteiger partial charge in [0.15, 0.2) is 0 Å². The van der Waals surface area contributed by atoms with Gasteiger partial charge in [-0.2, -0.15) is 0 Å². The number of amides is 3. The minimum absolute atomic E-state index is 0.266. The Balaban J connectivity index is 3.38. The molecule has 1 rings (SSSR count). The van der Waals surface area contributed by atoms with Crippen LogP contribution in [0.3, 0.4) is 0 Å². The Morgan fingerprint density at radius 3 is 2.26 bits per heavy atom. The van der Waals surface area contributed by atoms with Crippen LogP contribution in [0, 0.1) is 12.8 Å². The molecule has 2 unspecified atom stereocenters. The van der Waals surface area contributed by atoms with Crippen LogP contribution in [0.5, 0.6) is 0 Å². The maximum Gasteiger partial charge on any atom is 0.408 e. The summed E-state index contributed by atoms with van der Waals surface area (Å²) in [6.45, 7) is 12.6. The molecule has 0 radical (unpaired) electrons. The van der Waals surface area contributed by atoms with Crippen LogP contribution < -0.4 is 10.6 Å². The lowest BCUT2D eigenvalue weighted by molar-refractivity contribution is -0.145. The zero-order valence-electron chi connectivity index (χ0n) is 21.6. The summed E-state index contributed by atoms with van der Waals surface area (Å²) in [5.41, 5.74) is 0.790. The highest BCUT2D eigenvalue weighted by Crippen LogP contribution is 2.25. The predicted octanol–water partition coefficient (Wildman–Crippen LogP) is 3.11. The maximum atomic E-state index is 13.8. The largest absolute Gasteiger partial charge is 0.468 e. The van der Waals surface area contributed by atoms with Gasteiger partial charge in [-0.3, -0.25) is 14.4 Å². The summed E-state index contributed by atoms with van der Waals surface area (Å²) in [6.07, 6.45) is -0.131. The van der Waals surface area contributed by atoms with Crippen LogP contribution >= 0.6 is 0 Å². The fourth-order valence-electron chi connectivity index (χ4n) is 3.38. The lowest BCUT2D eigenvalue weighted by Crippen LogP contribution is -2.55. The van der Waals surface area contributed by atoms with Gasteiger partial charge in [-0.15, -0.1) is 0 Å². The number of carbonyl (C=O) groups excluding carboxylic acids is 4. The van der Waals surface area contributed by atoms with Gasteiger partial charge in [0.25, 0.3) is 0 Å². The molecule has 0 fully saturated rings. The Labute approximate surface area is 202 Å². The van der Waals surface area contributed by atoms with Crippen molar-refractivity contribution in [3.8, 4) is 0 Å². The second-order valence-electron chi connectivity index (χ2n) is 9.51. The van der Waals surface area contributed by atoms with E-state index in [1.807, 2.05) is 39.8 Å². The molecular weight excluding hydrogens is 438 g/mol. The van der Waals surface area contributed by atoms with Crippen LogP contribution in [0.25, 0.3) is 0 Å². The molecule has 0 aromatic heterocycles. The van der Waals surface area contributed by atoms with Crippen molar-refractivity contribution < 1.29 is 28.7 Å². The molecule has 9 heteroatoms. The highest BCUT2D eigenvalue weighted by molar-refractivity contribution is 5.93. The van der Waals surface area contributed by atoms with Gasteiger partial charge in [-0.1, -0.05) is 50.6 Å². The average molecular weight is 478 g/mol. The number of benzene rings is 1. The second kappa shape index (κ2) is 13.0.